The molecule has 0 bridgehead atoms. The number of hydrogen-bond acceptors (Lipinski definition) is 6. The molecule has 32 heavy (non-hydrogen) atoms. The minimum absolute atomic E-state index is 0.0705. The molecular weight excluding hydrogens is 428 g/mol. The highest BCUT2D eigenvalue weighted by molar-refractivity contribution is 8.01. The highest BCUT2D eigenvalue weighted by Crippen LogP contribution is 2.39. The van der Waals surface area contributed by atoms with E-state index in [1.807, 2.05) is 0 Å². The van der Waals surface area contributed by atoms with Gasteiger partial charge in [0.15, 0.2) is 0 Å². The van der Waals surface area contributed by atoms with E-state index in [1.54, 1.807) is 47.9 Å². The van der Waals surface area contributed by atoms with Crippen LogP contribution in [0.1, 0.15) is 50.4 Å². The molecule has 2 atom stereocenters. The van der Waals surface area contributed by atoms with Crippen LogP contribution in [0.25, 0.3) is 0 Å². The lowest BCUT2D eigenvalue weighted by Crippen LogP contribution is -2.55. The second-order valence-corrected chi connectivity index (χ2v) is 9.88. The first kappa shape index (κ1) is 24.4. The molecule has 0 aliphatic carbocycles. The van der Waals surface area contributed by atoms with Gasteiger partial charge in [0.1, 0.15) is 0 Å². The maximum Gasteiger partial charge on any atom is 0.338 e. The smallest absolute Gasteiger partial charge is 0.338 e. The van der Waals surface area contributed by atoms with Crippen molar-refractivity contribution in [1.82, 2.24) is 15.5 Å². The van der Waals surface area contributed by atoms with Crippen LogP contribution in [0, 0.1) is 5.92 Å². The lowest BCUT2D eigenvalue weighted by atomic mass is 10.0. The Hall–Kier alpha value is -2.26. The molecule has 9 heteroatoms. The van der Waals surface area contributed by atoms with Crippen molar-refractivity contribution >= 4 is 35.4 Å². The standard InChI is InChI=1S/C23H34N4O4S/c1-4-16(3)14-24-20(28)19-15-32-23(26-19)10-12-27(13-11-23)22(30)25-18-8-6-17(7-9-18)21(29)31-5-2/h6-9,16,19,26H,4-5,10-15H2,1-3H3,(H,24,28)(H,25,30). The molecule has 1 aromatic rings. The van der Waals surface area contributed by atoms with Gasteiger partial charge in [0.05, 0.1) is 23.1 Å². The summed E-state index contributed by atoms with van der Waals surface area (Å²) in [6.07, 6.45) is 2.63. The zero-order valence-electron chi connectivity index (χ0n) is 19.1. The van der Waals surface area contributed by atoms with Crippen molar-refractivity contribution in [3.8, 4) is 0 Å². The third-order valence-corrected chi connectivity index (χ3v) is 7.69. The summed E-state index contributed by atoms with van der Waals surface area (Å²) >= 11 is 1.79. The van der Waals surface area contributed by atoms with Gasteiger partial charge < -0.3 is 20.3 Å². The van der Waals surface area contributed by atoms with Gasteiger partial charge >= 0.3 is 12.0 Å². The molecule has 176 valence electrons. The van der Waals surface area contributed by atoms with Crippen LogP contribution < -0.4 is 16.0 Å². The zero-order chi connectivity index (χ0) is 23.1. The van der Waals surface area contributed by atoms with E-state index >= 15 is 0 Å². The quantitative estimate of drug-likeness (QED) is 0.539. The SMILES string of the molecule is CCOC(=O)c1ccc(NC(=O)N2CCC3(CC2)NC(C(=O)NCC(C)CC)CS3)cc1. The molecule has 8 nitrogen and oxygen atoms in total. The number of nitrogens with zero attached hydrogens (tertiary/aromatic N) is 1. The third kappa shape index (κ3) is 6.16. The topological polar surface area (TPSA) is 99.8 Å². The van der Waals surface area contributed by atoms with Crippen LogP contribution in [-0.4, -0.2) is 65.7 Å². The van der Waals surface area contributed by atoms with Crippen molar-refractivity contribution in [3.05, 3.63) is 29.8 Å². The van der Waals surface area contributed by atoms with Crippen molar-refractivity contribution in [3.63, 3.8) is 0 Å². The maximum absolute atomic E-state index is 12.7. The predicted octanol–water partition coefficient (Wildman–Crippen LogP) is 3.05. The predicted molar refractivity (Wildman–Crippen MR) is 127 cm³/mol. The minimum atomic E-state index is -0.375. The van der Waals surface area contributed by atoms with Gasteiger partial charge in [-0.2, -0.15) is 0 Å². The number of amides is 3. The number of ether oxygens (including phenoxy) is 1. The summed E-state index contributed by atoms with van der Waals surface area (Å²) in [7, 11) is 0. The Morgan fingerprint density at radius 2 is 1.91 bits per heavy atom. The van der Waals surface area contributed by atoms with Gasteiger partial charge in [-0.05, 0) is 49.9 Å². The maximum atomic E-state index is 12.7. The fraction of sp³-hybridized carbons (Fsp3) is 0.609. The number of carbonyl (C=O) groups is 3. The van der Waals surface area contributed by atoms with E-state index in [0.717, 1.165) is 25.0 Å². The van der Waals surface area contributed by atoms with E-state index in [4.69, 9.17) is 4.74 Å². The second kappa shape index (κ2) is 11.0. The molecule has 1 spiro atoms. The van der Waals surface area contributed by atoms with E-state index in [2.05, 4.69) is 29.8 Å². The number of carbonyl (C=O) groups excluding carboxylic acids is 3. The summed E-state index contributed by atoms with van der Waals surface area (Å²) in [5.74, 6) is 0.928. The van der Waals surface area contributed by atoms with Crippen molar-refractivity contribution in [1.29, 1.82) is 0 Å². The summed E-state index contributed by atoms with van der Waals surface area (Å²) in [5, 5.41) is 9.48. The number of nitrogens with one attached hydrogen (secondary N) is 3. The number of anilines is 1. The van der Waals surface area contributed by atoms with E-state index in [-0.39, 0.29) is 28.8 Å². The van der Waals surface area contributed by atoms with Gasteiger partial charge in [0.25, 0.3) is 0 Å². The molecule has 1 aromatic carbocycles. The molecule has 2 unspecified atom stereocenters. The van der Waals surface area contributed by atoms with E-state index in [1.165, 1.54) is 0 Å². The third-order valence-electron chi connectivity index (χ3n) is 6.11. The number of likely N-dealkylation sites (tertiary alicyclic amines) is 1. The van der Waals surface area contributed by atoms with Crippen LogP contribution in [0.3, 0.4) is 0 Å². The first-order valence-corrected chi connectivity index (χ1v) is 12.4. The Bertz CT molecular complexity index is 809. The first-order valence-electron chi connectivity index (χ1n) is 11.4. The Labute approximate surface area is 194 Å². The highest BCUT2D eigenvalue weighted by Gasteiger charge is 2.44. The fourth-order valence-electron chi connectivity index (χ4n) is 3.79. The number of piperidine rings is 1. The highest BCUT2D eigenvalue weighted by atomic mass is 32.2. The number of hydrogen-bond donors (Lipinski definition) is 3. The summed E-state index contributed by atoms with van der Waals surface area (Å²) in [6, 6.07) is 6.35. The Balaban J connectivity index is 1.45. The molecule has 3 N–H and O–H groups in total. The van der Waals surface area contributed by atoms with Crippen LogP contribution in [0.2, 0.25) is 0 Å². The summed E-state index contributed by atoms with van der Waals surface area (Å²) in [4.78, 5) is 38.5. The van der Waals surface area contributed by atoms with Crippen LogP contribution in [0.15, 0.2) is 24.3 Å². The number of urea groups is 1. The first-order chi connectivity index (χ1) is 15.4. The van der Waals surface area contributed by atoms with E-state index in [0.29, 0.717) is 43.4 Å². The lowest BCUT2D eigenvalue weighted by molar-refractivity contribution is -0.122. The molecule has 0 saturated carbocycles. The largest absolute Gasteiger partial charge is 0.462 e. The normalized spacial score (nSPS) is 20.6. The molecule has 3 amide bonds. The van der Waals surface area contributed by atoms with Gasteiger partial charge in [-0.1, -0.05) is 20.3 Å². The van der Waals surface area contributed by atoms with Gasteiger partial charge in [0, 0.05) is 31.1 Å². The summed E-state index contributed by atoms with van der Waals surface area (Å²) in [6.45, 7) is 8.29. The number of benzene rings is 1. The number of thioether (sulfide) groups is 1. The molecule has 2 aliphatic heterocycles. The summed E-state index contributed by atoms with van der Waals surface area (Å²) in [5.41, 5.74) is 1.09. The van der Waals surface area contributed by atoms with Crippen LogP contribution >= 0.6 is 11.8 Å². The van der Waals surface area contributed by atoms with Crippen LogP contribution in [0.4, 0.5) is 10.5 Å². The van der Waals surface area contributed by atoms with Crippen molar-refractivity contribution in [2.24, 2.45) is 5.92 Å². The molecule has 2 fully saturated rings. The Morgan fingerprint density at radius 3 is 2.53 bits per heavy atom. The van der Waals surface area contributed by atoms with Crippen LogP contribution in [-0.2, 0) is 9.53 Å². The molecule has 0 radical (unpaired) electrons. The molecular formula is C23H34N4O4S. The molecule has 2 saturated heterocycles. The average Bonchev–Trinajstić information content (AvgIpc) is 3.21. The molecule has 2 heterocycles. The Kier molecular flexibility index (Phi) is 8.42. The van der Waals surface area contributed by atoms with Gasteiger partial charge in [-0.3, -0.25) is 10.1 Å². The minimum Gasteiger partial charge on any atom is -0.462 e. The lowest BCUT2D eigenvalue weighted by Gasteiger charge is -2.39. The van der Waals surface area contributed by atoms with Crippen molar-refractivity contribution < 1.29 is 19.1 Å². The van der Waals surface area contributed by atoms with Gasteiger partial charge in [-0.15, -0.1) is 11.8 Å². The number of esters is 1. The molecule has 3 rings (SSSR count). The van der Waals surface area contributed by atoms with Gasteiger partial charge in [-0.25, -0.2) is 9.59 Å². The summed E-state index contributed by atoms with van der Waals surface area (Å²) < 4.78 is 4.97. The van der Waals surface area contributed by atoms with Crippen molar-refractivity contribution in [2.45, 2.75) is 50.9 Å². The molecule has 2 aliphatic rings. The monoisotopic (exact) mass is 462 g/mol. The van der Waals surface area contributed by atoms with E-state index in [9.17, 15) is 14.4 Å². The number of rotatable bonds is 7. The zero-order valence-corrected chi connectivity index (χ0v) is 19.9. The molecule has 0 aromatic heterocycles. The Morgan fingerprint density at radius 1 is 1.22 bits per heavy atom. The fourth-order valence-corrected chi connectivity index (χ4v) is 5.21. The average molecular weight is 463 g/mol. The van der Waals surface area contributed by atoms with Crippen molar-refractivity contribution in [2.75, 3.05) is 37.3 Å². The van der Waals surface area contributed by atoms with Crippen LogP contribution in [0.5, 0.6) is 0 Å². The second-order valence-electron chi connectivity index (χ2n) is 8.48. The van der Waals surface area contributed by atoms with Gasteiger partial charge in [0.2, 0.25) is 5.91 Å². The van der Waals surface area contributed by atoms with E-state index < -0.39 is 0 Å².